The van der Waals surface area contributed by atoms with E-state index in [4.69, 9.17) is 0 Å². The van der Waals surface area contributed by atoms with E-state index in [0.717, 1.165) is 37.6 Å². The summed E-state index contributed by atoms with van der Waals surface area (Å²) in [5.74, 6) is 2.95. The summed E-state index contributed by atoms with van der Waals surface area (Å²) in [5, 5.41) is 38.9. The molecule has 0 aliphatic carbocycles. The third-order valence-electron chi connectivity index (χ3n) is 12.7. The highest BCUT2D eigenvalue weighted by Gasteiger charge is 2.54. The molecule has 312 valence electrons. The van der Waals surface area contributed by atoms with Crippen molar-refractivity contribution in [2.75, 3.05) is 0 Å². The molecule has 0 spiro atoms. The highest BCUT2D eigenvalue weighted by atomic mass is 15.7. The number of azo groups is 8. The van der Waals surface area contributed by atoms with Gasteiger partial charge in [0, 0.05) is 75.9 Å². The van der Waals surface area contributed by atoms with Gasteiger partial charge in [-0.2, -0.15) is 9.25 Å². The average Bonchev–Trinajstić information content (AvgIpc) is 4.14. The number of benzene rings is 4. The summed E-state index contributed by atoms with van der Waals surface area (Å²) < 4.78 is 20.1. The van der Waals surface area contributed by atoms with Crippen LogP contribution in [0.5, 0.6) is 0 Å². The number of aromatic nitrogens is 14. The lowest BCUT2D eigenvalue weighted by Crippen LogP contribution is -2.46. The van der Waals surface area contributed by atoms with Crippen LogP contribution in [0.15, 0.2) is 130 Å². The average molecular weight is 855 g/mol. The van der Waals surface area contributed by atoms with Crippen molar-refractivity contribution in [2.24, 2.45) is 48.6 Å². The molecule has 0 fully saturated rings. The van der Waals surface area contributed by atoms with Gasteiger partial charge in [-0.15, -0.1) is 4.68 Å². The van der Waals surface area contributed by atoms with E-state index in [0.29, 0.717) is 11.9 Å². The van der Waals surface area contributed by atoms with Crippen molar-refractivity contribution in [3.8, 4) is 0 Å². The first-order valence-electron chi connectivity index (χ1n) is 21.2. The van der Waals surface area contributed by atoms with Crippen LogP contribution in [-0.4, -0.2) is 68.5 Å². The molecule has 22 heteroatoms. The summed E-state index contributed by atoms with van der Waals surface area (Å²) in [6.45, 7) is 0. The second kappa shape index (κ2) is 13.6. The molecule has 0 saturated carbocycles. The minimum atomic E-state index is 0.168. The van der Waals surface area contributed by atoms with Crippen LogP contribution in [0.25, 0.3) is 0 Å². The Balaban J connectivity index is 0.0000000860. The van der Waals surface area contributed by atoms with Gasteiger partial charge in [0.15, 0.2) is 21.7 Å². The molecule has 0 N–H and O–H groups in total. The van der Waals surface area contributed by atoms with Crippen molar-refractivity contribution in [1.29, 1.82) is 0 Å². The zero-order chi connectivity index (χ0) is 42.8. The standard InChI is InChI=1S/2C11H11N5.2C10H10N6/c1-14-7-15-10-6-8-4-2-3-5-9(8)16(10)13-11(15)12-14;1-14-7-12-11-13-15-9-5-3-2-4-8(9)6-10(15)16(11)14;1-14-11-10-12-15-8-5-3-2-4-7(8)6-9(15)16(10)13-14;1-14-13-11-10-12-15-8-5-3-2-4-7(8)6-9(15)16(10)14/h2*2-5,7,10H,6H2,1H3;2*2-5,9H,6H2,1H3/q4*+2/t2*10-;2*9-/m0111/s1. The summed E-state index contributed by atoms with van der Waals surface area (Å²) in [4.78, 5) is 7.57. The molecule has 8 aliphatic rings. The quantitative estimate of drug-likeness (QED) is 0.211. The van der Waals surface area contributed by atoms with E-state index >= 15 is 0 Å². The molecule has 12 heterocycles. The number of hydrogen-bond acceptors (Lipinski definition) is 10. The van der Waals surface area contributed by atoms with Crippen molar-refractivity contribution >= 4 is 46.5 Å². The van der Waals surface area contributed by atoms with Crippen LogP contribution in [0.1, 0.15) is 46.9 Å². The van der Waals surface area contributed by atoms with E-state index in [1.165, 1.54) is 45.0 Å². The Bertz CT molecular complexity index is 3170. The number of aryl methyl sites for hydroxylation is 4. The zero-order valence-electron chi connectivity index (χ0n) is 35.4. The maximum absolute atomic E-state index is 4.54. The van der Waals surface area contributed by atoms with E-state index in [9.17, 15) is 0 Å². The molecule has 4 aromatic heterocycles. The summed E-state index contributed by atoms with van der Waals surface area (Å²) in [7, 11) is 7.62. The summed E-state index contributed by atoms with van der Waals surface area (Å²) in [6, 6.07) is 33.5. The van der Waals surface area contributed by atoms with Crippen LogP contribution in [0, 0.1) is 0 Å². The summed E-state index contributed by atoms with van der Waals surface area (Å²) >= 11 is 0. The molecule has 16 rings (SSSR count). The fraction of sp³-hybridized carbons (Fsp3) is 0.286. The molecule has 0 bridgehead atoms. The predicted octanol–water partition coefficient (Wildman–Crippen LogP) is 3.61. The largest absolute Gasteiger partial charge is 0.506 e. The maximum atomic E-state index is 4.54. The van der Waals surface area contributed by atoms with Gasteiger partial charge >= 0.3 is 54.8 Å². The predicted molar refractivity (Wildman–Crippen MR) is 214 cm³/mol. The smallest absolute Gasteiger partial charge is 0.154 e. The molecule has 0 amide bonds. The molecule has 0 saturated heterocycles. The van der Waals surface area contributed by atoms with Crippen LogP contribution in [0.2, 0.25) is 0 Å². The lowest BCUT2D eigenvalue weighted by Gasteiger charge is -1.98. The monoisotopic (exact) mass is 854 g/mol. The third kappa shape index (κ3) is 5.43. The fourth-order valence-electron chi connectivity index (χ4n) is 9.94. The van der Waals surface area contributed by atoms with Gasteiger partial charge in [-0.05, 0) is 0 Å². The van der Waals surface area contributed by atoms with Gasteiger partial charge in [-0.25, -0.2) is 0 Å². The van der Waals surface area contributed by atoms with Crippen molar-refractivity contribution < 1.29 is 37.4 Å². The highest BCUT2D eigenvalue weighted by Crippen LogP contribution is 2.42. The first-order valence-corrected chi connectivity index (χ1v) is 21.2. The topological polar surface area (TPSA) is 174 Å². The molecule has 8 aliphatic heterocycles. The molecular weight excluding hydrogens is 813 g/mol. The number of fused-ring (bicyclic) bond motifs is 20. The third-order valence-corrected chi connectivity index (χ3v) is 12.7. The van der Waals surface area contributed by atoms with Gasteiger partial charge in [0.05, 0.1) is 55.1 Å². The molecular formula is C42H42N22+8. The normalized spacial score (nSPS) is 20.3. The van der Waals surface area contributed by atoms with Crippen LogP contribution in [0.3, 0.4) is 0 Å². The number of para-hydroxylation sites is 4. The van der Waals surface area contributed by atoms with E-state index < -0.39 is 0 Å². The number of tetrazole rings is 2. The summed E-state index contributed by atoms with van der Waals surface area (Å²) in [6.07, 6.45) is 8.61. The lowest BCUT2D eigenvalue weighted by molar-refractivity contribution is -0.886. The zero-order valence-corrected chi connectivity index (χ0v) is 35.4. The molecule has 22 nitrogen and oxygen atoms in total. The van der Waals surface area contributed by atoms with Crippen molar-refractivity contribution in [2.45, 2.75) is 50.3 Å². The Morgan fingerprint density at radius 2 is 1.11 bits per heavy atom. The van der Waals surface area contributed by atoms with Crippen LogP contribution < -0.4 is 18.6 Å². The van der Waals surface area contributed by atoms with Crippen molar-refractivity contribution in [3.05, 3.63) is 132 Å². The summed E-state index contributed by atoms with van der Waals surface area (Å²) in [5.41, 5.74) is 10.1. The second-order valence-corrected chi connectivity index (χ2v) is 16.6. The van der Waals surface area contributed by atoms with Crippen LogP contribution >= 0.6 is 0 Å². The first-order chi connectivity index (χ1) is 31.3. The van der Waals surface area contributed by atoms with Gasteiger partial charge in [-0.1, -0.05) is 101 Å². The lowest BCUT2D eigenvalue weighted by atomic mass is 10.1. The molecule has 4 atom stereocenters. The Hall–Kier alpha value is -8.30. The van der Waals surface area contributed by atoms with Crippen LogP contribution in [0.4, 0.5) is 46.5 Å². The minimum Gasteiger partial charge on any atom is -0.154 e. The van der Waals surface area contributed by atoms with Gasteiger partial charge in [0.1, 0.15) is 19.3 Å². The molecule has 0 unspecified atom stereocenters. The number of nitrogens with zero attached hydrogens (tertiary/aromatic N) is 22. The van der Waals surface area contributed by atoms with Crippen molar-refractivity contribution in [3.63, 3.8) is 0 Å². The second-order valence-electron chi connectivity index (χ2n) is 16.6. The van der Waals surface area contributed by atoms with Gasteiger partial charge in [0.2, 0.25) is 22.7 Å². The van der Waals surface area contributed by atoms with Gasteiger partial charge < -0.3 is 0 Å². The molecule has 8 aromatic rings. The molecule has 64 heavy (non-hydrogen) atoms. The van der Waals surface area contributed by atoms with E-state index in [-0.39, 0.29) is 24.7 Å². The SMILES string of the molecule is C[n+]1cnc2n1[C@@H]1Cc3ccccc3[N+]1=N2.Cn1c[n+]2c(n1)N=[N+]1c3ccccc3C[C@H]12.Cn1nc2[n+](n1)[C@@H]1Cc3ccccc3[N+]1=N2.Cn1nnc2[n+]1[C@@H]1Cc3ccccc3[N+]1=N2. The Labute approximate surface area is 363 Å². The highest BCUT2D eigenvalue weighted by molar-refractivity contribution is 5.45. The van der Waals surface area contributed by atoms with Crippen molar-refractivity contribution in [1.82, 2.24) is 49.7 Å². The fourth-order valence-corrected chi connectivity index (χ4v) is 9.94. The Morgan fingerprint density at radius 1 is 0.562 bits per heavy atom. The van der Waals surface area contributed by atoms with E-state index in [2.05, 4.69) is 155 Å². The van der Waals surface area contributed by atoms with E-state index in [1.807, 2.05) is 70.1 Å². The number of hydrogen-bond donors (Lipinski definition) is 0. The van der Waals surface area contributed by atoms with E-state index in [1.54, 1.807) is 20.6 Å². The van der Waals surface area contributed by atoms with Crippen LogP contribution in [-0.2, 0) is 53.9 Å². The minimum absolute atomic E-state index is 0.168. The molecule has 4 aromatic carbocycles. The Morgan fingerprint density at radius 3 is 1.80 bits per heavy atom. The number of rotatable bonds is 0. The molecule has 0 radical (unpaired) electrons. The Kier molecular flexibility index (Phi) is 7.73. The maximum Gasteiger partial charge on any atom is 0.506 e. The first kappa shape index (κ1) is 36.4. The van der Waals surface area contributed by atoms with Gasteiger partial charge in [0.25, 0.3) is 0 Å². The van der Waals surface area contributed by atoms with Gasteiger partial charge in [-0.3, -0.25) is 0 Å².